The highest BCUT2D eigenvalue weighted by molar-refractivity contribution is 5.94. The molecule has 1 saturated carbocycles. The summed E-state index contributed by atoms with van der Waals surface area (Å²) in [5, 5.41) is 7.91. The summed E-state index contributed by atoms with van der Waals surface area (Å²) >= 11 is 0. The first kappa shape index (κ1) is 19.1. The molecule has 2 aliphatic rings. The van der Waals surface area contributed by atoms with Crippen LogP contribution in [0, 0.1) is 0 Å². The van der Waals surface area contributed by atoms with Gasteiger partial charge < -0.3 is 4.74 Å². The molecule has 0 unspecified atom stereocenters. The van der Waals surface area contributed by atoms with Crippen molar-refractivity contribution < 1.29 is 9.53 Å². The fourth-order valence-corrected chi connectivity index (χ4v) is 5.29. The fourth-order valence-electron chi connectivity index (χ4n) is 5.29. The molecule has 3 aromatic carbocycles. The molecule has 1 fully saturated rings. The van der Waals surface area contributed by atoms with Crippen LogP contribution >= 0.6 is 0 Å². The van der Waals surface area contributed by atoms with Crippen molar-refractivity contribution in [2.24, 2.45) is 0 Å². The number of esters is 1. The van der Waals surface area contributed by atoms with Gasteiger partial charge in [-0.25, -0.2) is 4.79 Å². The first-order valence-corrected chi connectivity index (χ1v) is 11.3. The summed E-state index contributed by atoms with van der Waals surface area (Å²) in [6.45, 7) is 0. The lowest BCUT2D eigenvalue weighted by molar-refractivity contribution is -0.0311. The summed E-state index contributed by atoms with van der Waals surface area (Å²) in [5.41, 5.74) is 6.98. The second-order valence-corrected chi connectivity index (χ2v) is 8.86. The third-order valence-corrected chi connectivity index (χ3v) is 7.02. The van der Waals surface area contributed by atoms with Gasteiger partial charge in [0.2, 0.25) is 0 Å². The Kier molecular flexibility index (Phi) is 4.46. The van der Waals surface area contributed by atoms with Crippen LogP contribution in [0.15, 0.2) is 84.9 Å². The van der Waals surface area contributed by atoms with Crippen molar-refractivity contribution in [1.29, 1.82) is 0 Å². The highest BCUT2D eigenvalue weighted by Gasteiger charge is 2.47. The van der Waals surface area contributed by atoms with Gasteiger partial charge in [0.15, 0.2) is 0 Å². The molecule has 0 saturated heterocycles. The second-order valence-electron chi connectivity index (χ2n) is 8.86. The van der Waals surface area contributed by atoms with Gasteiger partial charge in [0.1, 0.15) is 5.60 Å². The maximum absolute atomic E-state index is 12.3. The van der Waals surface area contributed by atoms with Gasteiger partial charge in [-0.15, -0.1) is 0 Å². The molecule has 1 aliphatic heterocycles. The largest absolute Gasteiger partial charge is 0.451 e. The van der Waals surface area contributed by atoms with E-state index in [-0.39, 0.29) is 5.97 Å². The van der Waals surface area contributed by atoms with Crippen molar-refractivity contribution in [1.82, 2.24) is 10.2 Å². The summed E-state index contributed by atoms with van der Waals surface area (Å²) < 4.78 is 5.91. The lowest BCUT2D eigenvalue weighted by Gasteiger charge is -2.36. The SMILES string of the molecule is O=C1O[C@]2(CC[C@H](c3cc(-c4cccc(-c5ccccc5)c4)n[nH]3)CC2)c2ccccc21. The fraction of sp³-hybridized carbons (Fsp3) is 0.214. The Balaban J connectivity index is 1.21. The maximum Gasteiger partial charge on any atom is 0.339 e. The zero-order valence-electron chi connectivity index (χ0n) is 17.8. The quantitative estimate of drug-likeness (QED) is 0.387. The van der Waals surface area contributed by atoms with Gasteiger partial charge in [0.05, 0.1) is 11.3 Å². The lowest BCUT2D eigenvalue weighted by Crippen LogP contribution is -2.31. The Labute approximate surface area is 187 Å². The number of aromatic nitrogens is 2. The molecule has 4 nitrogen and oxygen atoms in total. The van der Waals surface area contributed by atoms with Gasteiger partial charge in [-0.2, -0.15) is 5.10 Å². The zero-order valence-corrected chi connectivity index (χ0v) is 17.8. The van der Waals surface area contributed by atoms with Crippen LogP contribution in [0.5, 0.6) is 0 Å². The van der Waals surface area contributed by atoms with E-state index in [4.69, 9.17) is 4.74 Å². The van der Waals surface area contributed by atoms with Crippen molar-refractivity contribution in [3.05, 3.63) is 102 Å². The standard InChI is InChI=1S/C28H24N2O2/c31-27-23-11-4-5-12-24(23)28(32-27)15-13-20(14-16-28)25-18-26(30-29-25)22-10-6-9-21(17-22)19-7-2-1-3-8-19/h1-12,17-18,20H,13-16H2,(H,29,30)/t20-,28-. The Morgan fingerprint density at radius 2 is 1.53 bits per heavy atom. The molecule has 158 valence electrons. The van der Waals surface area contributed by atoms with E-state index in [9.17, 15) is 4.79 Å². The third kappa shape index (κ3) is 3.14. The van der Waals surface area contributed by atoms with E-state index in [1.807, 2.05) is 24.3 Å². The van der Waals surface area contributed by atoms with Crippen molar-refractivity contribution in [3.63, 3.8) is 0 Å². The molecular formula is C28H24N2O2. The molecular weight excluding hydrogens is 396 g/mol. The molecule has 1 aliphatic carbocycles. The minimum atomic E-state index is -0.447. The third-order valence-electron chi connectivity index (χ3n) is 7.02. The Morgan fingerprint density at radius 1 is 0.812 bits per heavy atom. The number of rotatable bonds is 3. The number of aromatic amines is 1. The van der Waals surface area contributed by atoms with E-state index in [1.54, 1.807) is 0 Å². The van der Waals surface area contributed by atoms with Crippen LogP contribution in [-0.4, -0.2) is 16.2 Å². The molecule has 1 N–H and O–H groups in total. The Hall–Kier alpha value is -3.66. The topological polar surface area (TPSA) is 55.0 Å². The van der Waals surface area contributed by atoms with Crippen LogP contribution in [0.3, 0.4) is 0 Å². The zero-order chi connectivity index (χ0) is 21.5. The maximum atomic E-state index is 12.3. The van der Waals surface area contributed by atoms with Gasteiger partial charge >= 0.3 is 5.97 Å². The Bertz CT molecular complexity index is 1280. The van der Waals surface area contributed by atoms with E-state index in [0.29, 0.717) is 5.92 Å². The molecule has 4 aromatic rings. The number of carbonyl (C=O) groups excluding carboxylic acids is 1. The molecule has 2 heterocycles. The number of H-pyrrole nitrogens is 1. The molecule has 32 heavy (non-hydrogen) atoms. The minimum absolute atomic E-state index is 0.179. The number of nitrogens with zero attached hydrogens (tertiary/aromatic N) is 1. The molecule has 1 aromatic heterocycles. The van der Waals surface area contributed by atoms with Gasteiger partial charge in [-0.3, -0.25) is 5.10 Å². The molecule has 0 atom stereocenters. The summed E-state index contributed by atoms with van der Waals surface area (Å²) in [5.74, 6) is 0.215. The van der Waals surface area contributed by atoms with Crippen LogP contribution in [0.25, 0.3) is 22.4 Å². The molecule has 1 spiro atoms. The van der Waals surface area contributed by atoms with Crippen LogP contribution < -0.4 is 0 Å². The number of fused-ring (bicyclic) bond motifs is 2. The molecule has 0 amide bonds. The Morgan fingerprint density at radius 3 is 2.38 bits per heavy atom. The number of hydrogen-bond donors (Lipinski definition) is 1. The van der Waals surface area contributed by atoms with E-state index in [0.717, 1.165) is 53.8 Å². The normalized spacial score (nSPS) is 22.0. The minimum Gasteiger partial charge on any atom is -0.451 e. The number of benzene rings is 3. The molecule has 6 rings (SSSR count). The first-order chi connectivity index (χ1) is 15.7. The predicted molar refractivity (Wildman–Crippen MR) is 124 cm³/mol. The number of hydrogen-bond acceptors (Lipinski definition) is 3. The van der Waals surface area contributed by atoms with Gasteiger partial charge in [-0.1, -0.05) is 66.7 Å². The number of nitrogens with one attached hydrogen (secondary N) is 1. The molecule has 0 radical (unpaired) electrons. The average Bonchev–Trinajstić information content (AvgIpc) is 3.45. The lowest BCUT2D eigenvalue weighted by atomic mass is 9.74. The average molecular weight is 421 g/mol. The summed E-state index contributed by atoms with van der Waals surface area (Å²) in [4.78, 5) is 12.3. The summed E-state index contributed by atoms with van der Waals surface area (Å²) in [6, 6.07) is 28.9. The van der Waals surface area contributed by atoms with Crippen LogP contribution in [0.4, 0.5) is 0 Å². The summed E-state index contributed by atoms with van der Waals surface area (Å²) in [7, 11) is 0. The van der Waals surface area contributed by atoms with Crippen molar-refractivity contribution >= 4 is 5.97 Å². The van der Waals surface area contributed by atoms with E-state index < -0.39 is 5.60 Å². The van der Waals surface area contributed by atoms with Gasteiger partial charge in [0.25, 0.3) is 0 Å². The predicted octanol–water partition coefficient (Wildman–Crippen LogP) is 6.47. The highest BCUT2D eigenvalue weighted by atomic mass is 16.6. The second kappa shape index (κ2) is 7.49. The van der Waals surface area contributed by atoms with E-state index >= 15 is 0 Å². The van der Waals surface area contributed by atoms with Crippen molar-refractivity contribution in [2.45, 2.75) is 37.2 Å². The van der Waals surface area contributed by atoms with Crippen molar-refractivity contribution in [2.75, 3.05) is 0 Å². The number of carbonyl (C=O) groups is 1. The van der Waals surface area contributed by atoms with Crippen LogP contribution in [-0.2, 0) is 10.3 Å². The van der Waals surface area contributed by atoms with E-state index in [2.05, 4.69) is 70.9 Å². The van der Waals surface area contributed by atoms with Crippen LogP contribution in [0.1, 0.15) is 53.2 Å². The monoisotopic (exact) mass is 420 g/mol. The van der Waals surface area contributed by atoms with Gasteiger partial charge in [0, 0.05) is 22.7 Å². The van der Waals surface area contributed by atoms with Crippen LogP contribution in [0.2, 0.25) is 0 Å². The highest BCUT2D eigenvalue weighted by Crippen LogP contribution is 2.50. The van der Waals surface area contributed by atoms with E-state index in [1.165, 1.54) is 11.1 Å². The first-order valence-electron chi connectivity index (χ1n) is 11.3. The van der Waals surface area contributed by atoms with Crippen molar-refractivity contribution in [3.8, 4) is 22.4 Å². The smallest absolute Gasteiger partial charge is 0.339 e. The number of ether oxygens (including phenoxy) is 1. The summed E-state index contributed by atoms with van der Waals surface area (Å²) in [6.07, 6.45) is 3.62. The van der Waals surface area contributed by atoms with Gasteiger partial charge in [-0.05, 0) is 55.0 Å². The molecule has 0 bridgehead atoms. The molecule has 4 heteroatoms.